The molecular formula is C31H26F6O2. The van der Waals surface area contributed by atoms with E-state index in [1.165, 1.54) is 67.6 Å². The minimum atomic E-state index is -4.67. The first-order valence-electron chi connectivity index (χ1n) is 12.1. The first kappa shape index (κ1) is 28.1. The zero-order valence-electron chi connectivity index (χ0n) is 21.7. The summed E-state index contributed by atoms with van der Waals surface area (Å²) in [7, 11) is 0. The molecule has 0 N–H and O–H groups in total. The van der Waals surface area contributed by atoms with Crippen LogP contribution in [0.2, 0.25) is 0 Å². The van der Waals surface area contributed by atoms with Gasteiger partial charge in [-0.2, -0.15) is 26.3 Å². The molecule has 1 unspecified atom stereocenters. The number of hydrogen-bond acceptors (Lipinski definition) is 2. The number of hydrogen-bond donors (Lipinski definition) is 0. The van der Waals surface area contributed by atoms with E-state index in [4.69, 9.17) is 9.47 Å². The van der Waals surface area contributed by atoms with Gasteiger partial charge in [-0.25, -0.2) is 0 Å². The van der Waals surface area contributed by atoms with Gasteiger partial charge in [-0.3, -0.25) is 0 Å². The van der Waals surface area contributed by atoms with Gasteiger partial charge in [-0.1, -0.05) is 53.6 Å². The minimum Gasteiger partial charge on any atom is -0.457 e. The van der Waals surface area contributed by atoms with Crippen molar-refractivity contribution in [1.82, 2.24) is 0 Å². The molecule has 0 spiro atoms. The Balaban J connectivity index is 1.62. The molecule has 0 fully saturated rings. The van der Waals surface area contributed by atoms with Gasteiger partial charge in [-0.05, 0) is 86.8 Å². The molecule has 0 saturated heterocycles. The lowest BCUT2D eigenvalue weighted by molar-refractivity contribution is -0.173. The van der Waals surface area contributed by atoms with Crippen LogP contribution in [0.1, 0.15) is 40.3 Å². The third-order valence-corrected chi connectivity index (χ3v) is 6.66. The van der Waals surface area contributed by atoms with E-state index in [0.29, 0.717) is 17.1 Å². The molecule has 0 saturated carbocycles. The minimum absolute atomic E-state index is 0.0187. The van der Waals surface area contributed by atoms with Crippen LogP contribution in [0.25, 0.3) is 0 Å². The molecule has 0 aromatic heterocycles. The lowest BCUT2D eigenvalue weighted by Crippen LogP contribution is -2.40. The molecule has 4 aromatic carbocycles. The van der Waals surface area contributed by atoms with Crippen molar-refractivity contribution in [1.29, 1.82) is 0 Å². The molecule has 0 heterocycles. The van der Waals surface area contributed by atoms with Crippen LogP contribution >= 0.6 is 0 Å². The van der Waals surface area contributed by atoms with Crippen LogP contribution in [0.5, 0.6) is 23.0 Å². The molecule has 0 radical (unpaired) electrons. The molecule has 204 valence electrons. The SMILES string of the molecule is Cc1ccc(Oc2ccc(C(C)(c3ccc(Oc4ccc(C)cc4C(F)(F)F)cc3)C(F)(F)F)cc2)c(C)c1. The molecular weight excluding hydrogens is 518 g/mol. The van der Waals surface area contributed by atoms with Gasteiger partial charge in [0.05, 0.1) is 5.56 Å². The predicted molar refractivity (Wildman–Crippen MR) is 138 cm³/mol. The Morgan fingerprint density at radius 1 is 0.538 bits per heavy atom. The summed E-state index contributed by atoms with van der Waals surface area (Å²) in [5, 5.41) is 0. The van der Waals surface area contributed by atoms with Gasteiger partial charge < -0.3 is 9.47 Å². The van der Waals surface area contributed by atoms with Gasteiger partial charge >= 0.3 is 12.4 Å². The molecule has 39 heavy (non-hydrogen) atoms. The first-order chi connectivity index (χ1) is 18.2. The van der Waals surface area contributed by atoms with Crippen LogP contribution < -0.4 is 9.47 Å². The smallest absolute Gasteiger partial charge is 0.419 e. The maximum absolute atomic E-state index is 14.5. The fraction of sp³-hybridized carbons (Fsp3) is 0.226. The molecule has 8 heteroatoms. The average Bonchev–Trinajstić information content (AvgIpc) is 2.86. The maximum Gasteiger partial charge on any atom is 0.419 e. The Hall–Kier alpha value is -3.94. The molecule has 2 nitrogen and oxygen atoms in total. The van der Waals surface area contributed by atoms with Gasteiger partial charge in [0.25, 0.3) is 0 Å². The van der Waals surface area contributed by atoms with E-state index in [2.05, 4.69) is 0 Å². The Morgan fingerprint density at radius 3 is 1.41 bits per heavy atom. The zero-order chi connectivity index (χ0) is 28.6. The topological polar surface area (TPSA) is 18.5 Å². The molecule has 0 amide bonds. The number of ether oxygens (including phenoxy) is 2. The lowest BCUT2D eigenvalue weighted by atomic mass is 9.75. The van der Waals surface area contributed by atoms with Crippen LogP contribution in [0.15, 0.2) is 84.9 Å². The van der Waals surface area contributed by atoms with E-state index in [1.807, 2.05) is 26.0 Å². The molecule has 4 rings (SSSR count). The molecule has 0 aliphatic rings. The quantitative estimate of drug-likeness (QED) is 0.225. The Kier molecular flexibility index (Phi) is 7.43. The van der Waals surface area contributed by atoms with E-state index >= 15 is 0 Å². The van der Waals surface area contributed by atoms with E-state index in [0.717, 1.165) is 24.1 Å². The molecule has 4 aromatic rings. The molecule has 1 atom stereocenters. The van der Waals surface area contributed by atoms with Crippen molar-refractivity contribution < 1.29 is 35.8 Å². The summed E-state index contributed by atoms with van der Waals surface area (Å²) in [5.41, 5.74) is -1.11. The maximum atomic E-state index is 14.5. The number of alkyl halides is 6. The summed E-state index contributed by atoms with van der Waals surface area (Å²) < 4.78 is 95.1. The van der Waals surface area contributed by atoms with Crippen molar-refractivity contribution in [3.05, 3.63) is 118 Å². The second-order valence-electron chi connectivity index (χ2n) is 9.64. The van der Waals surface area contributed by atoms with Gasteiger partial charge in [-0.15, -0.1) is 0 Å². The van der Waals surface area contributed by atoms with Gasteiger partial charge in [0.2, 0.25) is 0 Å². The van der Waals surface area contributed by atoms with E-state index in [9.17, 15) is 26.3 Å². The first-order valence-corrected chi connectivity index (χ1v) is 12.1. The number of benzene rings is 4. The Morgan fingerprint density at radius 2 is 0.974 bits per heavy atom. The van der Waals surface area contributed by atoms with E-state index in [1.54, 1.807) is 6.07 Å². The summed E-state index contributed by atoms with van der Waals surface area (Å²) in [6, 6.07) is 19.8. The van der Waals surface area contributed by atoms with Crippen LogP contribution in [0, 0.1) is 20.8 Å². The van der Waals surface area contributed by atoms with Gasteiger partial charge in [0.1, 0.15) is 28.4 Å². The summed E-state index contributed by atoms with van der Waals surface area (Å²) in [6.07, 6.45) is -9.32. The van der Waals surface area contributed by atoms with Gasteiger partial charge in [0, 0.05) is 0 Å². The van der Waals surface area contributed by atoms with Crippen molar-refractivity contribution in [2.45, 2.75) is 45.5 Å². The second kappa shape index (κ2) is 10.3. The molecule has 0 aliphatic carbocycles. The third kappa shape index (κ3) is 5.90. The Bertz CT molecular complexity index is 1450. The van der Waals surface area contributed by atoms with Crippen molar-refractivity contribution in [3.8, 4) is 23.0 Å². The van der Waals surface area contributed by atoms with Crippen molar-refractivity contribution >= 4 is 0 Å². The summed E-state index contributed by atoms with van der Waals surface area (Å²) >= 11 is 0. The predicted octanol–water partition coefficient (Wildman–Crippen LogP) is 10.1. The normalized spacial score (nSPS) is 13.6. The lowest BCUT2D eigenvalue weighted by Gasteiger charge is -2.33. The number of halogens is 6. The van der Waals surface area contributed by atoms with Crippen molar-refractivity contribution in [2.75, 3.05) is 0 Å². The fourth-order valence-electron chi connectivity index (χ4n) is 4.33. The van der Waals surface area contributed by atoms with E-state index in [-0.39, 0.29) is 16.9 Å². The van der Waals surface area contributed by atoms with E-state index < -0.39 is 29.1 Å². The van der Waals surface area contributed by atoms with Crippen LogP contribution in [-0.2, 0) is 11.6 Å². The highest BCUT2D eigenvalue weighted by Crippen LogP contribution is 2.47. The number of rotatable bonds is 6. The van der Waals surface area contributed by atoms with Crippen molar-refractivity contribution in [2.24, 2.45) is 0 Å². The van der Waals surface area contributed by atoms with Crippen LogP contribution in [0.4, 0.5) is 26.3 Å². The monoisotopic (exact) mass is 544 g/mol. The standard InChI is InChI=1S/C31H26F6O2/c1-19-5-15-27(21(3)17-19)38-24-11-7-22(8-12-24)29(4,31(35,36)37)23-9-13-25(14-10-23)39-28-16-6-20(2)18-26(28)30(32,33)34/h5-18H,1-4H3. The summed E-state index contributed by atoms with van der Waals surface area (Å²) in [4.78, 5) is 0. The summed E-state index contributed by atoms with van der Waals surface area (Å²) in [5.74, 6) is 0.538. The largest absolute Gasteiger partial charge is 0.457 e. The summed E-state index contributed by atoms with van der Waals surface area (Å²) in [6.45, 7) is 6.41. The fourth-order valence-corrected chi connectivity index (χ4v) is 4.33. The Labute approximate surface area is 222 Å². The third-order valence-electron chi connectivity index (χ3n) is 6.66. The molecule has 0 bridgehead atoms. The van der Waals surface area contributed by atoms with Crippen LogP contribution in [0.3, 0.4) is 0 Å². The second-order valence-corrected chi connectivity index (χ2v) is 9.64. The van der Waals surface area contributed by atoms with Crippen molar-refractivity contribution in [3.63, 3.8) is 0 Å². The highest BCUT2D eigenvalue weighted by Gasteiger charge is 2.53. The highest BCUT2D eigenvalue weighted by molar-refractivity contribution is 5.47. The highest BCUT2D eigenvalue weighted by atomic mass is 19.4. The number of aryl methyl sites for hydroxylation is 3. The van der Waals surface area contributed by atoms with Crippen LogP contribution in [-0.4, -0.2) is 6.18 Å². The molecule has 0 aliphatic heterocycles. The van der Waals surface area contributed by atoms with Gasteiger partial charge in [0.15, 0.2) is 0 Å². The average molecular weight is 545 g/mol. The zero-order valence-corrected chi connectivity index (χ0v) is 21.7.